The number of aryl methyl sites for hydroxylation is 1. The van der Waals surface area contributed by atoms with Crippen molar-refractivity contribution in [2.75, 3.05) is 13.1 Å². The summed E-state index contributed by atoms with van der Waals surface area (Å²) >= 11 is 1.64. The van der Waals surface area contributed by atoms with E-state index in [0.29, 0.717) is 12.3 Å². The molecule has 0 saturated carbocycles. The van der Waals surface area contributed by atoms with Gasteiger partial charge in [-0.05, 0) is 32.9 Å². The van der Waals surface area contributed by atoms with Crippen LogP contribution in [0.5, 0.6) is 0 Å². The molecule has 1 aliphatic rings. The Morgan fingerprint density at radius 2 is 2.50 bits per heavy atom. The van der Waals surface area contributed by atoms with Crippen LogP contribution in [0.4, 0.5) is 0 Å². The highest BCUT2D eigenvalue weighted by atomic mass is 32.1. The predicted molar refractivity (Wildman–Crippen MR) is 64.4 cm³/mol. The van der Waals surface area contributed by atoms with E-state index in [1.807, 2.05) is 20.0 Å². The zero-order chi connectivity index (χ0) is 11.5. The van der Waals surface area contributed by atoms with E-state index in [-0.39, 0.29) is 11.9 Å². The van der Waals surface area contributed by atoms with Gasteiger partial charge in [-0.3, -0.25) is 4.79 Å². The molecule has 2 N–H and O–H groups in total. The molecule has 5 heteroatoms. The summed E-state index contributed by atoms with van der Waals surface area (Å²) in [5.41, 5.74) is 0. The maximum atomic E-state index is 11.7. The van der Waals surface area contributed by atoms with Crippen LogP contribution >= 0.6 is 11.3 Å². The Bertz CT molecular complexity index is 373. The van der Waals surface area contributed by atoms with E-state index in [1.54, 1.807) is 11.3 Å². The smallest absolute Gasteiger partial charge is 0.220 e. The summed E-state index contributed by atoms with van der Waals surface area (Å²) in [6.45, 7) is 5.95. The fraction of sp³-hybridized carbons (Fsp3) is 0.636. The first kappa shape index (κ1) is 11.5. The quantitative estimate of drug-likeness (QED) is 0.831. The molecule has 1 atom stereocenters. The SMILES string of the molecule is Cc1cnc(C(C)NC(=O)CC2CNC2)s1. The molecule has 0 radical (unpaired) electrons. The molecule has 0 bridgehead atoms. The monoisotopic (exact) mass is 239 g/mol. The van der Waals surface area contributed by atoms with Gasteiger partial charge >= 0.3 is 0 Å². The molecule has 1 saturated heterocycles. The number of nitrogens with zero attached hydrogens (tertiary/aromatic N) is 1. The first-order valence-electron chi connectivity index (χ1n) is 5.57. The first-order chi connectivity index (χ1) is 7.65. The van der Waals surface area contributed by atoms with Crippen LogP contribution in [0.2, 0.25) is 0 Å². The van der Waals surface area contributed by atoms with Gasteiger partial charge in [0, 0.05) is 17.5 Å². The van der Waals surface area contributed by atoms with Gasteiger partial charge in [-0.2, -0.15) is 0 Å². The van der Waals surface area contributed by atoms with Crippen LogP contribution in [0, 0.1) is 12.8 Å². The van der Waals surface area contributed by atoms with Crippen LogP contribution in [0.3, 0.4) is 0 Å². The van der Waals surface area contributed by atoms with E-state index in [1.165, 1.54) is 4.88 Å². The Hall–Kier alpha value is -0.940. The third-order valence-electron chi connectivity index (χ3n) is 2.73. The van der Waals surface area contributed by atoms with E-state index >= 15 is 0 Å². The van der Waals surface area contributed by atoms with E-state index in [0.717, 1.165) is 18.1 Å². The predicted octanol–water partition coefficient (Wildman–Crippen LogP) is 1.24. The van der Waals surface area contributed by atoms with E-state index < -0.39 is 0 Å². The van der Waals surface area contributed by atoms with Crippen molar-refractivity contribution in [3.05, 3.63) is 16.1 Å². The lowest BCUT2D eigenvalue weighted by molar-refractivity contribution is -0.123. The van der Waals surface area contributed by atoms with Gasteiger partial charge in [-0.15, -0.1) is 11.3 Å². The van der Waals surface area contributed by atoms with Gasteiger partial charge in [-0.25, -0.2) is 4.98 Å². The van der Waals surface area contributed by atoms with Crippen LogP contribution < -0.4 is 10.6 Å². The normalized spacial score (nSPS) is 17.9. The summed E-state index contributed by atoms with van der Waals surface area (Å²) in [7, 11) is 0. The Balaban J connectivity index is 1.81. The van der Waals surface area contributed by atoms with Crippen molar-refractivity contribution in [1.29, 1.82) is 0 Å². The third kappa shape index (κ3) is 2.80. The van der Waals surface area contributed by atoms with Gasteiger partial charge < -0.3 is 10.6 Å². The summed E-state index contributed by atoms with van der Waals surface area (Å²) in [4.78, 5) is 17.1. The number of nitrogens with one attached hydrogen (secondary N) is 2. The summed E-state index contributed by atoms with van der Waals surface area (Å²) in [5, 5.41) is 7.14. The molecule has 1 aromatic rings. The number of carbonyl (C=O) groups excluding carboxylic acids is 1. The van der Waals surface area contributed by atoms with Crippen molar-refractivity contribution in [2.24, 2.45) is 5.92 Å². The van der Waals surface area contributed by atoms with Crippen LogP contribution in [0.15, 0.2) is 6.20 Å². The van der Waals surface area contributed by atoms with Gasteiger partial charge in [0.15, 0.2) is 0 Å². The van der Waals surface area contributed by atoms with Gasteiger partial charge in [0.1, 0.15) is 5.01 Å². The van der Waals surface area contributed by atoms with E-state index in [4.69, 9.17) is 0 Å². The van der Waals surface area contributed by atoms with Gasteiger partial charge in [-0.1, -0.05) is 0 Å². The van der Waals surface area contributed by atoms with Gasteiger partial charge in [0.25, 0.3) is 0 Å². The molecule has 4 nitrogen and oxygen atoms in total. The molecule has 16 heavy (non-hydrogen) atoms. The molecular formula is C11H17N3OS. The van der Waals surface area contributed by atoms with Crippen molar-refractivity contribution in [3.63, 3.8) is 0 Å². The number of carbonyl (C=O) groups is 1. The van der Waals surface area contributed by atoms with Crippen LogP contribution in [-0.4, -0.2) is 24.0 Å². The minimum atomic E-state index is 0.0271. The molecule has 1 aliphatic heterocycles. The number of aromatic nitrogens is 1. The summed E-state index contributed by atoms with van der Waals surface area (Å²) in [5.74, 6) is 0.650. The van der Waals surface area contributed by atoms with Gasteiger partial charge in [0.05, 0.1) is 6.04 Å². The minimum absolute atomic E-state index is 0.0271. The number of hydrogen-bond acceptors (Lipinski definition) is 4. The average molecular weight is 239 g/mol. The molecule has 0 aromatic carbocycles. The lowest BCUT2D eigenvalue weighted by Crippen LogP contribution is -2.44. The molecular weight excluding hydrogens is 222 g/mol. The van der Waals surface area contributed by atoms with E-state index in [9.17, 15) is 4.79 Å². The maximum Gasteiger partial charge on any atom is 0.220 e. The lowest BCUT2D eigenvalue weighted by atomic mass is 9.99. The topological polar surface area (TPSA) is 54.0 Å². The highest BCUT2D eigenvalue weighted by Gasteiger charge is 2.21. The highest BCUT2D eigenvalue weighted by Crippen LogP contribution is 2.19. The van der Waals surface area contributed by atoms with Crippen molar-refractivity contribution in [2.45, 2.75) is 26.3 Å². The van der Waals surface area contributed by atoms with Crippen LogP contribution in [0.25, 0.3) is 0 Å². The Morgan fingerprint density at radius 3 is 3.00 bits per heavy atom. The van der Waals surface area contributed by atoms with Crippen molar-refractivity contribution in [3.8, 4) is 0 Å². The Morgan fingerprint density at radius 1 is 1.75 bits per heavy atom. The highest BCUT2D eigenvalue weighted by molar-refractivity contribution is 7.11. The van der Waals surface area contributed by atoms with Crippen molar-refractivity contribution in [1.82, 2.24) is 15.6 Å². The zero-order valence-corrected chi connectivity index (χ0v) is 10.4. The molecule has 1 unspecified atom stereocenters. The summed E-state index contributed by atoms with van der Waals surface area (Å²) < 4.78 is 0. The summed E-state index contributed by atoms with van der Waals surface area (Å²) in [6.07, 6.45) is 2.47. The number of rotatable bonds is 4. The lowest BCUT2D eigenvalue weighted by Gasteiger charge is -2.26. The number of thiazole rings is 1. The second-order valence-electron chi connectivity index (χ2n) is 4.33. The molecule has 2 heterocycles. The first-order valence-corrected chi connectivity index (χ1v) is 6.39. The average Bonchev–Trinajstić information content (AvgIpc) is 2.58. The summed E-state index contributed by atoms with van der Waals surface area (Å²) in [6, 6.07) is 0.0271. The standard InChI is InChI=1S/C11H17N3OS/c1-7-4-13-11(16-7)8(2)14-10(15)3-9-5-12-6-9/h4,8-9,12H,3,5-6H2,1-2H3,(H,14,15). The van der Waals surface area contributed by atoms with Gasteiger partial charge in [0.2, 0.25) is 5.91 Å². The third-order valence-corrected chi connectivity index (χ3v) is 3.82. The molecule has 0 aliphatic carbocycles. The Labute approximate surface area is 99.5 Å². The molecule has 1 fully saturated rings. The number of amides is 1. The zero-order valence-electron chi connectivity index (χ0n) is 9.62. The maximum absolute atomic E-state index is 11.7. The molecule has 2 rings (SSSR count). The van der Waals surface area contributed by atoms with Crippen LogP contribution in [0.1, 0.15) is 29.3 Å². The fourth-order valence-corrected chi connectivity index (χ4v) is 2.47. The molecule has 0 spiro atoms. The van der Waals surface area contributed by atoms with Crippen molar-refractivity contribution < 1.29 is 4.79 Å². The molecule has 1 amide bonds. The van der Waals surface area contributed by atoms with Crippen LogP contribution in [-0.2, 0) is 4.79 Å². The molecule has 1 aromatic heterocycles. The minimum Gasteiger partial charge on any atom is -0.347 e. The number of hydrogen-bond donors (Lipinski definition) is 2. The largest absolute Gasteiger partial charge is 0.347 e. The van der Waals surface area contributed by atoms with E-state index in [2.05, 4.69) is 15.6 Å². The fourth-order valence-electron chi connectivity index (χ4n) is 1.69. The molecule has 88 valence electrons. The second kappa shape index (κ2) is 4.93. The van der Waals surface area contributed by atoms with Crippen molar-refractivity contribution >= 4 is 17.2 Å². The second-order valence-corrected chi connectivity index (χ2v) is 5.59. The Kier molecular flexibility index (Phi) is 3.56.